The number of nitrogens with zero attached hydrogens (tertiary/aromatic N) is 1. The number of hydrazone groups is 1. The van der Waals surface area contributed by atoms with E-state index >= 15 is 0 Å². The van der Waals surface area contributed by atoms with Crippen molar-refractivity contribution in [2.75, 3.05) is 0 Å². The maximum atomic E-state index is 12.1. The predicted octanol–water partition coefficient (Wildman–Crippen LogP) is 4.15. The lowest BCUT2D eigenvalue weighted by Gasteiger charge is -2.19. The van der Waals surface area contributed by atoms with Gasteiger partial charge in [0.2, 0.25) is 5.91 Å². The van der Waals surface area contributed by atoms with Crippen LogP contribution in [0.15, 0.2) is 29.4 Å². The van der Waals surface area contributed by atoms with Crippen molar-refractivity contribution in [3.63, 3.8) is 0 Å². The molecular weight excluding hydrogens is 272 g/mol. The molecule has 0 heterocycles. The largest absolute Gasteiger partial charge is 0.273 e. The van der Waals surface area contributed by atoms with Crippen LogP contribution in [0.3, 0.4) is 0 Å². The minimum atomic E-state index is 0.0598. The molecule has 2 rings (SSSR count). The van der Waals surface area contributed by atoms with Gasteiger partial charge >= 0.3 is 0 Å². The van der Waals surface area contributed by atoms with Gasteiger partial charge in [0.1, 0.15) is 0 Å². The van der Waals surface area contributed by atoms with Gasteiger partial charge in [0.25, 0.3) is 0 Å². The van der Waals surface area contributed by atoms with Crippen molar-refractivity contribution in [1.29, 1.82) is 0 Å². The molecule has 1 saturated carbocycles. The summed E-state index contributed by atoms with van der Waals surface area (Å²) in [6.45, 7) is 2.03. The van der Waals surface area contributed by atoms with Gasteiger partial charge in [-0.15, -0.1) is 0 Å². The quantitative estimate of drug-likeness (QED) is 0.657. The number of nitrogens with one attached hydrogen (secondary N) is 1. The number of halogens is 1. The normalized spacial score (nSPS) is 17.0. The Balaban J connectivity index is 2.00. The Bertz CT molecular complexity index is 476. The van der Waals surface area contributed by atoms with Gasteiger partial charge in [-0.3, -0.25) is 4.79 Å². The highest BCUT2D eigenvalue weighted by molar-refractivity contribution is 6.30. The highest BCUT2D eigenvalue weighted by Crippen LogP contribution is 2.23. The number of hydrogen-bond acceptors (Lipinski definition) is 2. The molecule has 1 amide bonds. The number of rotatable bonds is 4. The maximum Gasteiger partial charge on any atom is 0.243 e. The molecule has 108 valence electrons. The minimum Gasteiger partial charge on any atom is -0.273 e. The van der Waals surface area contributed by atoms with Gasteiger partial charge in [-0.1, -0.05) is 49.9 Å². The third kappa shape index (κ3) is 4.07. The van der Waals surface area contributed by atoms with Crippen LogP contribution in [0.4, 0.5) is 0 Å². The zero-order valence-electron chi connectivity index (χ0n) is 11.9. The Kier molecular flexibility index (Phi) is 5.60. The van der Waals surface area contributed by atoms with Gasteiger partial charge < -0.3 is 0 Å². The van der Waals surface area contributed by atoms with Crippen LogP contribution < -0.4 is 5.43 Å². The van der Waals surface area contributed by atoms with Gasteiger partial charge in [0.15, 0.2) is 0 Å². The zero-order chi connectivity index (χ0) is 14.4. The summed E-state index contributed by atoms with van der Waals surface area (Å²) in [5.74, 6) is 0.195. The number of benzene rings is 1. The van der Waals surface area contributed by atoms with Crippen molar-refractivity contribution in [1.82, 2.24) is 5.43 Å². The Morgan fingerprint density at radius 2 is 1.90 bits per heavy atom. The van der Waals surface area contributed by atoms with Crippen LogP contribution in [-0.4, -0.2) is 11.6 Å². The Labute approximate surface area is 125 Å². The van der Waals surface area contributed by atoms with Gasteiger partial charge in [-0.2, -0.15) is 5.10 Å². The second kappa shape index (κ2) is 7.44. The summed E-state index contributed by atoms with van der Waals surface area (Å²) < 4.78 is 0. The van der Waals surface area contributed by atoms with Crippen molar-refractivity contribution >= 4 is 23.2 Å². The summed E-state index contributed by atoms with van der Waals surface area (Å²) >= 11 is 5.88. The molecule has 1 fully saturated rings. The summed E-state index contributed by atoms with van der Waals surface area (Å²) in [7, 11) is 0. The molecule has 4 heteroatoms. The van der Waals surface area contributed by atoms with Gasteiger partial charge in [0.05, 0.1) is 5.71 Å². The Morgan fingerprint density at radius 1 is 1.25 bits per heavy atom. The lowest BCUT2D eigenvalue weighted by atomic mass is 9.89. The van der Waals surface area contributed by atoms with E-state index in [4.69, 9.17) is 11.6 Å². The second-order valence-corrected chi connectivity index (χ2v) is 5.67. The van der Waals surface area contributed by atoms with Gasteiger partial charge in [-0.25, -0.2) is 5.43 Å². The topological polar surface area (TPSA) is 41.5 Å². The molecule has 1 aliphatic carbocycles. The standard InChI is InChI=1S/C16H21ClN2O/c1-2-15(12-8-10-14(17)11-9-12)18-19-16(20)13-6-4-3-5-7-13/h8-11,13H,2-7H2,1H3,(H,19,20)/b18-15-. The number of carbonyl (C=O) groups excluding carboxylic acids is 1. The van der Waals surface area contributed by atoms with Crippen molar-refractivity contribution in [3.8, 4) is 0 Å². The van der Waals surface area contributed by atoms with Crippen LogP contribution >= 0.6 is 11.6 Å². The summed E-state index contributed by atoms with van der Waals surface area (Å²) in [5, 5.41) is 5.00. The SMILES string of the molecule is CC/C(=N/NC(=O)C1CCCCC1)c1ccc(Cl)cc1. The van der Waals surface area contributed by atoms with E-state index in [-0.39, 0.29) is 11.8 Å². The van der Waals surface area contributed by atoms with Crippen LogP contribution in [0.1, 0.15) is 51.0 Å². The first kappa shape index (κ1) is 15.0. The molecule has 1 aromatic carbocycles. The van der Waals surface area contributed by atoms with E-state index in [2.05, 4.69) is 10.5 Å². The average Bonchev–Trinajstić information content (AvgIpc) is 2.50. The van der Waals surface area contributed by atoms with Crippen molar-refractivity contribution in [2.24, 2.45) is 11.0 Å². The molecule has 0 aliphatic heterocycles. The number of amides is 1. The first-order valence-corrected chi connectivity index (χ1v) is 7.71. The van der Waals surface area contributed by atoms with Crippen LogP contribution in [0.25, 0.3) is 0 Å². The molecule has 0 atom stereocenters. The average molecular weight is 293 g/mol. The smallest absolute Gasteiger partial charge is 0.243 e. The first-order valence-electron chi connectivity index (χ1n) is 7.33. The van der Waals surface area contributed by atoms with Crippen molar-refractivity contribution in [2.45, 2.75) is 45.4 Å². The molecule has 0 aromatic heterocycles. The molecule has 0 saturated heterocycles. The predicted molar refractivity (Wildman–Crippen MR) is 83.0 cm³/mol. The summed E-state index contributed by atoms with van der Waals surface area (Å²) in [5.41, 5.74) is 4.61. The lowest BCUT2D eigenvalue weighted by molar-refractivity contribution is -0.125. The Hall–Kier alpha value is -1.35. The van der Waals surface area contributed by atoms with E-state index in [9.17, 15) is 4.79 Å². The van der Waals surface area contributed by atoms with Crippen molar-refractivity contribution in [3.05, 3.63) is 34.9 Å². The molecule has 0 radical (unpaired) electrons. The third-order valence-corrected chi connectivity index (χ3v) is 4.04. The fraction of sp³-hybridized carbons (Fsp3) is 0.500. The highest BCUT2D eigenvalue weighted by atomic mass is 35.5. The second-order valence-electron chi connectivity index (χ2n) is 5.23. The summed E-state index contributed by atoms with van der Waals surface area (Å²) in [6, 6.07) is 7.53. The lowest BCUT2D eigenvalue weighted by Crippen LogP contribution is -2.29. The van der Waals surface area contributed by atoms with E-state index in [0.29, 0.717) is 5.02 Å². The highest BCUT2D eigenvalue weighted by Gasteiger charge is 2.20. The molecule has 3 nitrogen and oxygen atoms in total. The monoisotopic (exact) mass is 292 g/mol. The minimum absolute atomic E-state index is 0.0598. The van der Waals surface area contributed by atoms with E-state index in [1.54, 1.807) is 0 Å². The van der Waals surface area contributed by atoms with Gasteiger partial charge in [0, 0.05) is 10.9 Å². The van der Waals surface area contributed by atoms with Crippen LogP contribution in [0, 0.1) is 5.92 Å². The van der Waals surface area contributed by atoms with E-state index in [1.165, 1.54) is 6.42 Å². The summed E-state index contributed by atoms with van der Waals surface area (Å²) in [6.07, 6.45) is 6.30. The molecule has 0 unspecified atom stereocenters. The van der Waals surface area contributed by atoms with E-state index in [1.807, 2.05) is 31.2 Å². The summed E-state index contributed by atoms with van der Waals surface area (Å²) in [4.78, 5) is 12.1. The zero-order valence-corrected chi connectivity index (χ0v) is 12.6. The van der Waals surface area contributed by atoms with E-state index in [0.717, 1.165) is 43.4 Å². The molecule has 1 aliphatic rings. The van der Waals surface area contributed by atoms with Crippen molar-refractivity contribution < 1.29 is 4.79 Å². The fourth-order valence-corrected chi connectivity index (χ4v) is 2.69. The molecule has 1 aromatic rings. The maximum absolute atomic E-state index is 12.1. The fourth-order valence-electron chi connectivity index (χ4n) is 2.57. The molecule has 20 heavy (non-hydrogen) atoms. The molecule has 0 spiro atoms. The number of carbonyl (C=O) groups is 1. The van der Waals surface area contributed by atoms with Crippen LogP contribution in [-0.2, 0) is 4.79 Å². The molecule has 0 bridgehead atoms. The third-order valence-electron chi connectivity index (χ3n) is 3.79. The van der Waals surface area contributed by atoms with Gasteiger partial charge in [-0.05, 0) is 37.0 Å². The Morgan fingerprint density at radius 3 is 2.50 bits per heavy atom. The molecule has 1 N–H and O–H groups in total. The van der Waals surface area contributed by atoms with E-state index < -0.39 is 0 Å². The first-order chi connectivity index (χ1) is 9.70. The van der Waals surface area contributed by atoms with Crippen LogP contribution in [0.5, 0.6) is 0 Å². The molecular formula is C16H21ClN2O. The number of hydrogen-bond donors (Lipinski definition) is 1. The van der Waals surface area contributed by atoms with Crippen LogP contribution in [0.2, 0.25) is 5.02 Å².